The third-order valence-electron chi connectivity index (χ3n) is 5.39. The highest BCUT2D eigenvalue weighted by molar-refractivity contribution is 7.89. The van der Waals surface area contributed by atoms with E-state index in [2.05, 4.69) is 5.32 Å². The topological polar surface area (TPSA) is 111 Å². The molecule has 0 radical (unpaired) electrons. The van der Waals surface area contributed by atoms with Gasteiger partial charge in [0, 0.05) is 25.0 Å². The van der Waals surface area contributed by atoms with E-state index in [4.69, 9.17) is 5.26 Å². The summed E-state index contributed by atoms with van der Waals surface area (Å²) in [6, 6.07) is 8.75. The number of benzene rings is 1. The quantitative estimate of drug-likeness (QED) is 0.630. The highest BCUT2D eigenvalue weighted by atomic mass is 32.2. The van der Waals surface area contributed by atoms with Gasteiger partial charge in [-0.05, 0) is 54.1 Å². The SMILES string of the molecule is CCCC(NC(=O)CN(C)S(=O)(=O)c1ccc(C#N)cc1)C(=O)N1CCc2sccc2C1. The van der Waals surface area contributed by atoms with Crippen molar-refractivity contribution < 1.29 is 18.0 Å². The van der Waals surface area contributed by atoms with Crippen LogP contribution in [0.2, 0.25) is 0 Å². The minimum atomic E-state index is -3.91. The van der Waals surface area contributed by atoms with Crippen LogP contribution in [-0.2, 0) is 32.6 Å². The third-order valence-corrected chi connectivity index (χ3v) is 8.23. The van der Waals surface area contributed by atoms with Gasteiger partial charge in [0.05, 0.1) is 23.1 Å². The van der Waals surface area contributed by atoms with Crippen molar-refractivity contribution in [2.75, 3.05) is 20.1 Å². The highest BCUT2D eigenvalue weighted by Crippen LogP contribution is 2.24. The second-order valence-electron chi connectivity index (χ2n) is 7.68. The van der Waals surface area contributed by atoms with Crippen LogP contribution < -0.4 is 5.32 Å². The normalized spacial score (nSPS) is 14.5. The number of sulfonamides is 1. The van der Waals surface area contributed by atoms with Gasteiger partial charge in [-0.3, -0.25) is 9.59 Å². The molecule has 32 heavy (non-hydrogen) atoms. The van der Waals surface area contributed by atoms with E-state index in [0.29, 0.717) is 31.5 Å². The number of amides is 2. The van der Waals surface area contributed by atoms with Gasteiger partial charge in [-0.15, -0.1) is 11.3 Å². The van der Waals surface area contributed by atoms with Gasteiger partial charge in [-0.1, -0.05) is 13.3 Å². The summed E-state index contributed by atoms with van der Waals surface area (Å²) in [6.07, 6.45) is 1.98. The number of nitrogens with one attached hydrogen (secondary N) is 1. The Morgan fingerprint density at radius 2 is 2.00 bits per heavy atom. The van der Waals surface area contributed by atoms with Gasteiger partial charge in [-0.25, -0.2) is 8.42 Å². The van der Waals surface area contributed by atoms with E-state index in [0.717, 1.165) is 16.3 Å². The Morgan fingerprint density at radius 3 is 2.66 bits per heavy atom. The molecular formula is C22H26N4O4S2. The summed E-state index contributed by atoms with van der Waals surface area (Å²) in [5, 5.41) is 13.6. The summed E-state index contributed by atoms with van der Waals surface area (Å²) < 4.78 is 26.4. The first-order chi connectivity index (χ1) is 15.3. The van der Waals surface area contributed by atoms with Crippen molar-refractivity contribution in [3.8, 4) is 6.07 Å². The number of carbonyl (C=O) groups excluding carboxylic acids is 2. The zero-order chi connectivity index (χ0) is 23.3. The summed E-state index contributed by atoms with van der Waals surface area (Å²) in [7, 11) is -2.59. The van der Waals surface area contributed by atoms with E-state index in [1.807, 2.05) is 24.4 Å². The summed E-state index contributed by atoms with van der Waals surface area (Å²) in [6.45, 7) is 2.65. The second-order valence-corrected chi connectivity index (χ2v) is 10.7. The van der Waals surface area contributed by atoms with Crippen LogP contribution in [0.5, 0.6) is 0 Å². The molecule has 1 atom stereocenters. The van der Waals surface area contributed by atoms with E-state index in [9.17, 15) is 18.0 Å². The average Bonchev–Trinajstić information content (AvgIpc) is 3.26. The zero-order valence-corrected chi connectivity index (χ0v) is 19.7. The van der Waals surface area contributed by atoms with Gasteiger partial charge in [0.2, 0.25) is 21.8 Å². The van der Waals surface area contributed by atoms with Crippen LogP contribution in [0.25, 0.3) is 0 Å². The Kier molecular flexibility index (Phi) is 7.66. The van der Waals surface area contributed by atoms with Gasteiger partial charge in [0.15, 0.2) is 0 Å². The van der Waals surface area contributed by atoms with Crippen molar-refractivity contribution in [1.29, 1.82) is 5.26 Å². The first kappa shape index (κ1) is 23.9. The Bertz CT molecular complexity index is 1120. The molecule has 1 aromatic carbocycles. The minimum absolute atomic E-state index is 0.00660. The number of carbonyl (C=O) groups is 2. The molecule has 1 aliphatic rings. The van der Waals surface area contributed by atoms with E-state index >= 15 is 0 Å². The molecule has 1 N–H and O–H groups in total. The van der Waals surface area contributed by atoms with Crippen molar-refractivity contribution in [1.82, 2.24) is 14.5 Å². The van der Waals surface area contributed by atoms with Crippen LogP contribution in [0.15, 0.2) is 40.6 Å². The molecule has 0 saturated carbocycles. The van der Waals surface area contributed by atoms with Crippen LogP contribution in [0.3, 0.4) is 0 Å². The number of likely N-dealkylation sites (N-methyl/N-ethyl adjacent to an activating group) is 1. The summed E-state index contributed by atoms with van der Waals surface area (Å²) in [4.78, 5) is 28.8. The fraction of sp³-hybridized carbons (Fsp3) is 0.409. The third kappa shape index (κ3) is 5.35. The minimum Gasteiger partial charge on any atom is -0.343 e. The largest absolute Gasteiger partial charge is 0.343 e. The predicted molar refractivity (Wildman–Crippen MR) is 121 cm³/mol. The summed E-state index contributed by atoms with van der Waals surface area (Å²) in [5.41, 5.74) is 1.49. The fourth-order valence-corrected chi connectivity index (χ4v) is 5.63. The van der Waals surface area contributed by atoms with Gasteiger partial charge in [-0.2, -0.15) is 9.57 Å². The van der Waals surface area contributed by atoms with Crippen molar-refractivity contribution in [3.63, 3.8) is 0 Å². The van der Waals surface area contributed by atoms with Crippen LogP contribution in [0.4, 0.5) is 0 Å². The Labute approximate surface area is 192 Å². The molecule has 0 fully saturated rings. The Hall–Kier alpha value is -2.74. The van der Waals surface area contributed by atoms with Crippen LogP contribution >= 0.6 is 11.3 Å². The number of thiophene rings is 1. The molecule has 0 spiro atoms. The number of nitrogens with zero attached hydrogens (tertiary/aromatic N) is 3. The lowest BCUT2D eigenvalue weighted by atomic mass is 10.1. The maximum atomic E-state index is 13.1. The van der Waals surface area contributed by atoms with Crippen LogP contribution in [-0.4, -0.2) is 55.6 Å². The van der Waals surface area contributed by atoms with E-state index in [-0.39, 0.29) is 10.8 Å². The van der Waals surface area contributed by atoms with Crippen LogP contribution in [0.1, 0.15) is 35.8 Å². The van der Waals surface area contributed by atoms with Crippen molar-refractivity contribution in [3.05, 3.63) is 51.7 Å². The van der Waals surface area contributed by atoms with Gasteiger partial charge >= 0.3 is 0 Å². The molecule has 2 aromatic rings. The van der Waals surface area contributed by atoms with Gasteiger partial charge < -0.3 is 10.2 Å². The van der Waals surface area contributed by atoms with Gasteiger partial charge in [0.25, 0.3) is 0 Å². The smallest absolute Gasteiger partial charge is 0.245 e. The molecule has 2 amide bonds. The highest BCUT2D eigenvalue weighted by Gasteiger charge is 2.30. The van der Waals surface area contributed by atoms with E-state index in [1.165, 1.54) is 36.2 Å². The molecule has 1 unspecified atom stereocenters. The first-order valence-electron chi connectivity index (χ1n) is 10.4. The summed E-state index contributed by atoms with van der Waals surface area (Å²) in [5.74, 6) is -0.681. The lowest BCUT2D eigenvalue weighted by Gasteiger charge is -2.31. The molecule has 8 nitrogen and oxygen atoms in total. The summed E-state index contributed by atoms with van der Waals surface area (Å²) >= 11 is 1.69. The number of nitriles is 1. The lowest BCUT2D eigenvalue weighted by molar-refractivity contribution is -0.137. The Balaban J connectivity index is 1.64. The molecule has 10 heteroatoms. The monoisotopic (exact) mass is 474 g/mol. The zero-order valence-electron chi connectivity index (χ0n) is 18.1. The predicted octanol–water partition coefficient (Wildman–Crippen LogP) is 2.11. The Morgan fingerprint density at radius 1 is 1.28 bits per heavy atom. The molecule has 3 rings (SSSR count). The van der Waals surface area contributed by atoms with Crippen molar-refractivity contribution in [2.24, 2.45) is 0 Å². The maximum absolute atomic E-state index is 13.1. The molecule has 1 aromatic heterocycles. The first-order valence-corrected chi connectivity index (χ1v) is 12.7. The standard InChI is InChI=1S/C22H26N4O4S2/c1-3-4-19(22(28)26-11-9-20-17(14-26)10-12-31-20)24-21(27)15-25(2)32(29,30)18-7-5-16(13-23)6-8-18/h5-8,10,12,19H,3-4,9,11,14-15H2,1-2H3,(H,24,27). The number of hydrogen-bond donors (Lipinski definition) is 1. The van der Waals surface area contributed by atoms with Gasteiger partial charge in [0.1, 0.15) is 6.04 Å². The maximum Gasteiger partial charge on any atom is 0.245 e. The lowest BCUT2D eigenvalue weighted by Crippen LogP contribution is -2.51. The molecular weight excluding hydrogens is 448 g/mol. The molecule has 170 valence electrons. The van der Waals surface area contributed by atoms with E-state index in [1.54, 1.807) is 16.2 Å². The van der Waals surface area contributed by atoms with Crippen molar-refractivity contribution in [2.45, 2.75) is 43.7 Å². The number of hydrogen-bond acceptors (Lipinski definition) is 6. The molecule has 0 saturated heterocycles. The van der Waals surface area contributed by atoms with Crippen molar-refractivity contribution >= 4 is 33.2 Å². The molecule has 0 aliphatic carbocycles. The van der Waals surface area contributed by atoms with Crippen LogP contribution in [0, 0.1) is 11.3 Å². The number of rotatable bonds is 8. The molecule has 1 aliphatic heterocycles. The molecule has 2 heterocycles. The second kappa shape index (κ2) is 10.3. The van der Waals surface area contributed by atoms with E-state index < -0.39 is 28.5 Å². The molecule has 0 bridgehead atoms. The average molecular weight is 475 g/mol. The fourth-order valence-electron chi connectivity index (χ4n) is 3.61. The number of fused-ring (bicyclic) bond motifs is 1.